The van der Waals surface area contributed by atoms with Crippen LogP contribution in [0.4, 0.5) is 0 Å². The van der Waals surface area contributed by atoms with Crippen LogP contribution in [-0.2, 0) is 0 Å². The highest BCUT2D eigenvalue weighted by atomic mass is 16.4. The Morgan fingerprint density at radius 3 is 2.75 bits per heavy atom. The zero-order chi connectivity index (χ0) is 14.5. The van der Waals surface area contributed by atoms with Crippen molar-refractivity contribution < 1.29 is 14.3 Å². The molecule has 0 spiro atoms. The second-order valence-corrected chi connectivity index (χ2v) is 3.86. The number of carboxylic acid groups (broad SMARTS) is 1. The van der Waals surface area contributed by atoms with E-state index in [0.29, 0.717) is 17.1 Å². The lowest BCUT2D eigenvalue weighted by molar-refractivity contribution is 0.0697. The van der Waals surface area contributed by atoms with Gasteiger partial charge in [0.15, 0.2) is 0 Å². The van der Waals surface area contributed by atoms with E-state index in [1.54, 1.807) is 24.3 Å². The van der Waals surface area contributed by atoms with Gasteiger partial charge in [-0.15, -0.1) is 5.10 Å². The highest BCUT2D eigenvalue weighted by molar-refractivity contribution is 5.89. The molecule has 0 fully saturated rings. The molecule has 0 aliphatic carbocycles. The van der Waals surface area contributed by atoms with Gasteiger partial charge in [-0.05, 0) is 24.3 Å². The fourth-order valence-electron chi connectivity index (χ4n) is 1.54. The first-order chi connectivity index (χ1) is 9.56. The van der Waals surface area contributed by atoms with Gasteiger partial charge in [-0.25, -0.2) is 4.79 Å². The standard InChI is InChI=1S/C13H12N4O3/c14-13(15)17-16-7-10-4-5-11(20-10)8-2-1-3-9(6-8)12(18)19/h1-7H,(H,18,19)(H4,14,15,17). The molecule has 102 valence electrons. The second-order valence-electron chi connectivity index (χ2n) is 3.86. The lowest BCUT2D eigenvalue weighted by Gasteiger charge is -1.98. The highest BCUT2D eigenvalue weighted by Gasteiger charge is 2.07. The molecule has 0 saturated heterocycles. The molecule has 0 atom stereocenters. The Morgan fingerprint density at radius 2 is 2.05 bits per heavy atom. The quantitative estimate of drug-likeness (QED) is 0.438. The Morgan fingerprint density at radius 1 is 1.25 bits per heavy atom. The molecule has 0 unspecified atom stereocenters. The number of rotatable bonds is 4. The van der Waals surface area contributed by atoms with Crippen LogP contribution in [0, 0.1) is 0 Å². The van der Waals surface area contributed by atoms with Gasteiger partial charge in [0.2, 0.25) is 5.96 Å². The normalized spacial score (nSPS) is 10.6. The summed E-state index contributed by atoms with van der Waals surface area (Å²) in [7, 11) is 0. The van der Waals surface area contributed by atoms with Crippen LogP contribution in [0.1, 0.15) is 16.1 Å². The molecule has 1 aromatic carbocycles. The fourth-order valence-corrected chi connectivity index (χ4v) is 1.54. The van der Waals surface area contributed by atoms with Gasteiger partial charge in [-0.1, -0.05) is 12.1 Å². The second kappa shape index (κ2) is 5.70. The minimum atomic E-state index is -0.993. The number of carbonyl (C=O) groups is 1. The Kier molecular flexibility index (Phi) is 3.80. The van der Waals surface area contributed by atoms with Crippen molar-refractivity contribution >= 4 is 18.1 Å². The number of furan rings is 1. The van der Waals surface area contributed by atoms with Crippen molar-refractivity contribution in [1.82, 2.24) is 0 Å². The summed E-state index contributed by atoms with van der Waals surface area (Å²) in [5, 5.41) is 16.0. The Hall–Kier alpha value is -3.09. The van der Waals surface area contributed by atoms with Crippen LogP contribution < -0.4 is 11.5 Å². The molecule has 2 rings (SSSR count). The van der Waals surface area contributed by atoms with E-state index in [4.69, 9.17) is 21.0 Å². The molecule has 1 heterocycles. The molecule has 0 radical (unpaired) electrons. The number of carboxylic acids is 1. The number of nitrogens with two attached hydrogens (primary N) is 2. The van der Waals surface area contributed by atoms with E-state index in [9.17, 15) is 4.79 Å². The van der Waals surface area contributed by atoms with E-state index in [2.05, 4.69) is 10.2 Å². The van der Waals surface area contributed by atoms with E-state index >= 15 is 0 Å². The summed E-state index contributed by atoms with van der Waals surface area (Å²) in [6, 6.07) is 9.82. The largest absolute Gasteiger partial charge is 0.478 e. The monoisotopic (exact) mass is 272 g/mol. The summed E-state index contributed by atoms with van der Waals surface area (Å²) in [5.74, 6) is -0.167. The zero-order valence-electron chi connectivity index (χ0n) is 10.4. The number of aromatic carboxylic acids is 1. The predicted octanol–water partition coefficient (Wildman–Crippen LogP) is 1.25. The van der Waals surface area contributed by atoms with E-state index in [0.717, 1.165) is 0 Å². The molecule has 20 heavy (non-hydrogen) atoms. The van der Waals surface area contributed by atoms with Gasteiger partial charge in [-0.3, -0.25) is 0 Å². The first-order valence-corrected chi connectivity index (χ1v) is 5.62. The van der Waals surface area contributed by atoms with Crippen LogP contribution in [0.5, 0.6) is 0 Å². The molecule has 5 N–H and O–H groups in total. The van der Waals surface area contributed by atoms with Crippen molar-refractivity contribution in [3.63, 3.8) is 0 Å². The van der Waals surface area contributed by atoms with E-state index in [-0.39, 0.29) is 11.5 Å². The van der Waals surface area contributed by atoms with Crippen molar-refractivity contribution in [3.8, 4) is 11.3 Å². The van der Waals surface area contributed by atoms with Gasteiger partial charge >= 0.3 is 5.97 Å². The molecule has 7 heteroatoms. The number of guanidine groups is 1. The average molecular weight is 272 g/mol. The highest BCUT2D eigenvalue weighted by Crippen LogP contribution is 2.22. The van der Waals surface area contributed by atoms with Crippen molar-refractivity contribution in [2.24, 2.45) is 21.7 Å². The summed E-state index contributed by atoms with van der Waals surface area (Å²) in [6.07, 6.45) is 1.35. The van der Waals surface area contributed by atoms with Crippen molar-refractivity contribution in [1.29, 1.82) is 0 Å². The topological polar surface area (TPSA) is 127 Å². The first kappa shape index (κ1) is 13.3. The summed E-state index contributed by atoms with van der Waals surface area (Å²) >= 11 is 0. The van der Waals surface area contributed by atoms with Gasteiger partial charge in [0.05, 0.1) is 11.8 Å². The lowest BCUT2D eigenvalue weighted by atomic mass is 10.1. The van der Waals surface area contributed by atoms with Gasteiger partial charge in [0.25, 0.3) is 0 Å². The number of benzene rings is 1. The Bertz CT molecular complexity index is 684. The van der Waals surface area contributed by atoms with Crippen molar-refractivity contribution in [2.45, 2.75) is 0 Å². The third kappa shape index (κ3) is 3.22. The molecule has 1 aromatic heterocycles. The minimum Gasteiger partial charge on any atom is -0.478 e. The zero-order valence-corrected chi connectivity index (χ0v) is 10.4. The predicted molar refractivity (Wildman–Crippen MR) is 74.5 cm³/mol. The van der Waals surface area contributed by atoms with Crippen molar-refractivity contribution in [3.05, 3.63) is 47.7 Å². The maximum absolute atomic E-state index is 10.9. The Labute approximate surface area is 114 Å². The first-order valence-electron chi connectivity index (χ1n) is 5.62. The Balaban J connectivity index is 2.24. The molecule has 2 aromatic rings. The molecule has 0 aliphatic heterocycles. The SMILES string of the molecule is NC(N)=NN=Cc1ccc(-c2cccc(C(=O)O)c2)o1. The van der Waals surface area contributed by atoms with Crippen LogP contribution in [-0.4, -0.2) is 23.2 Å². The molecular formula is C13H12N4O3. The summed E-state index contributed by atoms with van der Waals surface area (Å²) in [6.45, 7) is 0. The summed E-state index contributed by atoms with van der Waals surface area (Å²) in [5.41, 5.74) is 11.1. The number of hydrogen-bond donors (Lipinski definition) is 3. The molecule has 0 bridgehead atoms. The smallest absolute Gasteiger partial charge is 0.335 e. The summed E-state index contributed by atoms with van der Waals surface area (Å²) < 4.78 is 5.49. The van der Waals surface area contributed by atoms with E-state index in [1.165, 1.54) is 18.3 Å². The minimum absolute atomic E-state index is 0.151. The fraction of sp³-hybridized carbons (Fsp3) is 0. The third-order valence-electron chi connectivity index (χ3n) is 2.38. The third-order valence-corrected chi connectivity index (χ3v) is 2.38. The average Bonchev–Trinajstić information content (AvgIpc) is 2.87. The van der Waals surface area contributed by atoms with Gasteiger partial charge in [-0.2, -0.15) is 5.10 Å². The van der Waals surface area contributed by atoms with Gasteiger partial charge < -0.3 is 21.0 Å². The molecular weight excluding hydrogens is 260 g/mol. The molecule has 7 nitrogen and oxygen atoms in total. The number of hydrogen-bond acceptors (Lipinski definition) is 4. The van der Waals surface area contributed by atoms with Crippen LogP contribution in [0.15, 0.2) is 51.0 Å². The van der Waals surface area contributed by atoms with Crippen LogP contribution in [0.2, 0.25) is 0 Å². The maximum Gasteiger partial charge on any atom is 0.335 e. The maximum atomic E-state index is 10.9. The van der Waals surface area contributed by atoms with Gasteiger partial charge in [0, 0.05) is 5.56 Å². The molecule has 0 aliphatic rings. The van der Waals surface area contributed by atoms with Gasteiger partial charge in [0.1, 0.15) is 11.5 Å². The lowest BCUT2D eigenvalue weighted by Crippen LogP contribution is -2.21. The summed E-state index contributed by atoms with van der Waals surface area (Å²) in [4.78, 5) is 10.9. The van der Waals surface area contributed by atoms with Crippen LogP contribution >= 0.6 is 0 Å². The van der Waals surface area contributed by atoms with E-state index < -0.39 is 5.97 Å². The van der Waals surface area contributed by atoms with Crippen molar-refractivity contribution in [2.75, 3.05) is 0 Å². The van der Waals surface area contributed by atoms with Crippen LogP contribution in [0.25, 0.3) is 11.3 Å². The molecule has 0 saturated carbocycles. The molecule has 0 amide bonds. The van der Waals surface area contributed by atoms with E-state index in [1.807, 2.05) is 0 Å². The number of nitrogens with zero attached hydrogens (tertiary/aromatic N) is 2. The van der Waals surface area contributed by atoms with Crippen LogP contribution in [0.3, 0.4) is 0 Å².